The van der Waals surface area contributed by atoms with E-state index in [1.54, 1.807) is 17.2 Å². The summed E-state index contributed by atoms with van der Waals surface area (Å²) in [7, 11) is 0. The third kappa shape index (κ3) is 1.79. The van der Waals surface area contributed by atoms with Gasteiger partial charge in [-0.25, -0.2) is 9.66 Å². The molecule has 0 atom stereocenters. The van der Waals surface area contributed by atoms with E-state index in [4.69, 9.17) is 5.73 Å². The van der Waals surface area contributed by atoms with Gasteiger partial charge in [-0.15, -0.1) is 0 Å². The highest BCUT2D eigenvalue weighted by Gasteiger charge is 1.92. The first-order valence-electron chi connectivity index (χ1n) is 3.96. The smallest absolute Gasteiger partial charge is 0.143 e. The number of anilines is 2. The van der Waals surface area contributed by atoms with Crippen LogP contribution in [0.15, 0.2) is 42.9 Å². The Balaban J connectivity index is 2.15. The molecule has 3 N–H and O–H groups in total. The van der Waals surface area contributed by atoms with Gasteiger partial charge in [0.2, 0.25) is 0 Å². The van der Waals surface area contributed by atoms with E-state index in [9.17, 15) is 0 Å². The van der Waals surface area contributed by atoms with Crippen molar-refractivity contribution in [3.63, 3.8) is 0 Å². The van der Waals surface area contributed by atoms with E-state index in [0.29, 0.717) is 5.82 Å². The second kappa shape index (κ2) is 3.18. The number of nitrogen functional groups attached to an aromatic ring is 1. The molecule has 0 aliphatic rings. The molecule has 4 heteroatoms. The van der Waals surface area contributed by atoms with Gasteiger partial charge in [-0.1, -0.05) is 18.2 Å². The number of nitrogens with zero attached hydrogens (tertiary/aromatic N) is 2. The van der Waals surface area contributed by atoms with E-state index < -0.39 is 0 Å². The summed E-state index contributed by atoms with van der Waals surface area (Å²) in [6.45, 7) is 0. The Kier molecular flexibility index (Phi) is 1.88. The number of imidazole rings is 1. The summed E-state index contributed by atoms with van der Waals surface area (Å²) in [5, 5.41) is 0. The number of para-hydroxylation sites is 1. The van der Waals surface area contributed by atoms with Crippen LogP contribution in [0.2, 0.25) is 0 Å². The number of hydrogen-bond donors (Lipinski definition) is 2. The van der Waals surface area contributed by atoms with E-state index in [0.717, 1.165) is 5.69 Å². The molecule has 0 saturated heterocycles. The number of aromatic nitrogens is 2. The number of rotatable bonds is 2. The number of benzene rings is 1. The largest absolute Gasteiger partial charge is 0.382 e. The summed E-state index contributed by atoms with van der Waals surface area (Å²) in [6.07, 6.45) is 3.34. The highest BCUT2D eigenvalue weighted by molar-refractivity contribution is 5.42. The van der Waals surface area contributed by atoms with Crippen molar-refractivity contribution in [1.29, 1.82) is 0 Å². The molecule has 1 aromatic heterocycles. The van der Waals surface area contributed by atoms with E-state index in [-0.39, 0.29) is 0 Å². The topological polar surface area (TPSA) is 55.9 Å². The first kappa shape index (κ1) is 7.67. The van der Waals surface area contributed by atoms with Crippen LogP contribution in [0, 0.1) is 0 Å². The first-order valence-corrected chi connectivity index (χ1v) is 3.96. The molecule has 13 heavy (non-hydrogen) atoms. The van der Waals surface area contributed by atoms with Gasteiger partial charge in [-0.2, -0.15) is 0 Å². The van der Waals surface area contributed by atoms with Crippen LogP contribution >= 0.6 is 0 Å². The fourth-order valence-electron chi connectivity index (χ4n) is 1.06. The van der Waals surface area contributed by atoms with Crippen LogP contribution in [0.3, 0.4) is 0 Å². The Bertz CT molecular complexity index is 380. The van der Waals surface area contributed by atoms with Crippen molar-refractivity contribution in [1.82, 2.24) is 9.66 Å². The molecule has 0 radical (unpaired) electrons. The second-order valence-electron chi connectivity index (χ2n) is 2.68. The predicted octanol–water partition coefficient (Wildman–Crippen LogP) is 1.34. The quantitative estimate of drug-likeness (QED) is 0.722. The van der Waals surface area contributed by atoms with Gasteiger partial charge < -0.3 is 5.73 Å². The minimum absolute atomic E-state index is 0.503. The van der Waals surface area contributed by atoms with Gasteiger partial charge in [0.05, 0.1) is 11.9 Å². The summed E-state index contributed by atoms with van der Waals surface area (Å²) in [4.78, 5) is 3.89. The lowest BCUT2D eigenvalue weighted by Crippen LogP contribution is -2.05. The molecule has 0 saturated carbocycles. The third-order valence-electron chi connectivity index (χ3n) is 1.63. The van der Waals surface area contributed by atoms with E-state index in [1.165, 1.54) is 0 Å². The molecule has 0 unspecified atom stereocenters. The molecule has 0 fully saturated rings. The molecule has 0 bridgehead atoms. The first-order chi connectivity index (χ1) is 6.34. The Morgan fingerprint density at radius 2 is 2.00 bits per heavy atom. The van der Waals surface area contributed by atoms with E-state index in [1.807, 2.05) is 30.3 Å². The van der Waals surface area contributed by atoms with Gasteiger partial charge in [0.25, 0.3) is 0 Å². The maximum absolute atomic E-state index is 5.46. The van der Waals surface area contributed by atoms with Gasteiger partial charge in [-0.3, -0.25) is 5.43 Å². The van der Waals surface area contributed by atoms with Crippen molar-refractivity contribution in [3.8, 4) is 0 Å². The van der Waals surface area contributed by atoms with Gasteiger partial charge in [0.15, 0.2) is 0 Å². The molecule has 0 spiro atoms. The Morgan fingerprint density at radius 3 is 2.62 bits per heavy atom. The minimum Gasteiger partial charge on any atom is -0.382 e. The van der Waals surface area contributed by atoms with Crippen molar-refractivity contribution in [2.24, 2.45) is 0 Å². The zero-order valence-corrected chi connectivity index (χ0v) is 7.01. The average molecular weight is 174 g/mol. The number of hydrogen-bond acceptors (Lipinski definition) is 3. The second-order valence-corrected chi connectivity index (χ2v) is 2.68. The highest BCUT2D eigenvalue weighted by atomic mass is 15.4. The molecule has 1 aromatic carbocycles. The summed E-state index contributed by atoms with van der Waals surface area (Å²) < 4.78 is 1.71. The van der Waals surface area contributed by atoms with Gasteiger partial charge in [0.1, 0.15) is 12.1 Å². The van der Waals surface area contributed by atoms with Gasteiger partial charge in [0, 0.05) is 0 Å². The van der Waals surface area contributed by atoms with E-state index >= 15 is 0 Å². The summed E-state index contributed by atoms with van der Waals surface area (Å²) >= 11 is 0. The van der Waals surface area contributed by atoms with Crippen LogP contribution < -0.4 is 11.2 Å². The highest BCUT2D eigenvalue weighted by Crippen LogP contribution is 2.06. The number of nitrogens with two attached hydrogens (primary N) is 1. The summed E-state index contributed by atoms with van der Waals surface area (Å²) in [6, 6.07) is 9.82. The molecule has 1 heterocycles. The van der Waals surface area contributed by atoms with Crippen LogP contribution in [-0.2, 0) is 0 Å². The van der Waals surface area contributed by atoms with Gasteiger partial charge >= 0.3 is 0 Å². The third-order valence-corrected chi connectivity index (χ3v) is 1.63. The molecule has 66 valence electrons. The van der Waals surface area contributed by atoms with Crippen LogP contribution in [0.25, 0.3) is 0 Å². The van der Waals surface area contributed by atoms with Crippen LogP contribution in [0.5, 0.6) is 0 Å². The lowest BCUT2D eigenvalue weighted by atomic mass is 10.3. The minimum atomic E-state index is 0.503. The fourth-order valence-corrected chi connectivity index (χ4v) is 1.06. The van der Waals surface area contributed by atoms with Crippen molar-refractivity contribution in [2.45, 2.75) is 0 Å². The monoisotopic (exact) mass is 174 g/mol. The fraction of sp³-hybridized carbons (Fsp3) is 0. The van der Waals surface area contributed by atoms with Crippen molar-refractivity contribution in [3.05, 3.63) is 42.9 Å². The van der Waals surface area contributed by atoms with Crippen LogP contribution in [0.1, 0.15) is 0 Å². The molecule has 0 amide bonds. The average Bonchev–Trinajstić information content (AvgIpc) is 2.53. The molecule has 0 aliphatic carbocycles. The Hall–Kier alpha value is -1.97. The maximum Gasteiger partial charge on any atom is 0.143 e. The molecular weight excluding hydrogens is 164 g/mol. The van der Waals surface area contributed by atoms with Crippen molar-refractivity contribution >= 4 is 11.5 Å². The van der Waals surface area contributed by atoms with Crippen molar-refractivity contribution < 1.29 is 0 Å². The Morgan fingerprint density at radius 1 is 1.23 bits per heavy atom. The lowest BCUT2D eigenvalue weighted by molar-refractivity contribution is 0.955. The normalized spacial score (nSPS) is 9.85. The Labute approximate surface area is 76.0 Å². The SMILES string of the molecule is Nc1cn(Nc2ccccc2)cn1. The zero-order chi connectivity index (χ0) is 9.10. The van der Waals surface area contributed by atoms with Crippen LogP contribution in [0.4, 0.5) is 11.5 Å². The lowest BCUT2D eigenvalue weighted by Gasteiger charge is -2.04. The van der Waals surface area contributed by atoms with E-state index in [2.05, 4.69) is 10.4 Å². The predicted molar refractivity (Wildman–Crippen MR) is 52.1 cm³/mol. The zero-order valence-electron chi connectivity index (χ0n) is 7.01. The molecule has 2 aromatic rings. The molecule has 4 nitrogen and oxygen atoms in total. The maximum atomic E-state index is 5.46. The van der Waals surface area contributed by atoms with Crippen molar-refractivity contribution in [2.75, 3.05) is 11.2 Å². The summed E-state index contributed by atoms with van der Waals surface area (Å²) in [5.74, 6) is 0.503. The summed E-state index contributed by atoms with van der Waals surface area (Å²) in [5.41, 5.74) is 9.56. The van der Waals surface area contributed by atoms with Gasteiger partial charge in [-0.05, 0) is 12.1 Å². The molecule has 0 aliphatic heterocycles. The standard InChI is InChI=1S/C9H10N4/c10-9-6-13(7-11-9)12-8-4-2-1-3-5-8/h1-7,12H,10H2. The number of nitrogens with one attached hydrogen (secondary N) is 1. The molecular formula is C9H10N4. The molecule has 2 rings (SSSR count). The van der Waals surface area contributed by atoms with Crippen LogP contribution in [-0.4, -0.2) is 9.66 Å².